The Morgan fingerprint density at radius 2 is 2.33 bits per heavy atom. The van der Waals surface area contributed by atoms with Gasteiger partial charge >= 0.3 is 0 Å². The predicted octanol–water partition coefficient (Wildman–Crippen LogP) is 0.790. The third-order valence-electron chi connectivity index (χ3n) is 1.69. The summed E-state index contributed by atoms with van der Waals surface area (Å²) in [5.41, 5.74) is 6.10. The lowest BCUT2D eigenvalue weighted by atomic mass is 10.1. The molecule has 0 aliphatic rings. The van der Waals surface area contributed by atoms with E-state index in [1.54, 1.807) is 6.07 Å². The van der Waals surface area contributed by atoms with Gasteiger partial charge in [0, 0.05) is 12.6 Å². The Kier molecular flexibility index (Phi) is 2.83. The monoisotopic (exact) mass is 170 g/mol. The molecule has 1 aromatic rings. The zero-order valence-corrected chi connectivity index (χ0v) is 7.32. The number of aromatic nitrogens is 1. The maximum absolute atomic E-state index is 9.27. The van der Waals surface area contributed by atoms with Crippen LogP contribution >= 0.6 is 0 Å². The fraction of sp³-hybridized carbons (Fsp3) is 0.625. The number of aliphatic hydroxyl groups excluding tert-OH is 1. The third kappa shape index (κ3) is 1.84. The lowest BCUT2D eigenvalue weighted by Gasteiger charge is -1.99. The lowest BCUT2D eigenvalue weighted by molar-refractivity contribution is 0.147. The number of hydrogen-bond donors (Lipinski definition) is 2. The average Bonchev–Trinajstić information content (AvgIpc) is 2.51. The predicted molar refractivity (Wildman–Crippen MR) is 44.6 cm³/mol. The molecule has 0 aliphatic heterocycles. The quantitative estimate of drug-likeness (QED) is 0.703. The summed E-state index contributed by atoms with van der Waals surface area (Å²) < 4.78 is 4.90. The van der Waals surface area contributed by atoms with Gasteiger partial charge in [0.05, 0.1) is 5.69 Å². The molecule has 0 aromatic carbocycles. The first-order valence-corrected chi connectivity index (χ1v) is 3.99. The molecule has 0 aliphatic carbocycles. The Balaban J connectivity index is 2.77. The first-order chi connectivity index (χ1) is 5.65. The van der Waals surface area contributed by atoms with Crippen LogP contribution < -0.4 is 5.73 Å². The summed E-state index contributed by atoms with van der Waals surface area (Å²) in [6.07, 6.45) is -0.731. The highest BCUT2D eigenvalue weighted by molar-refractivity contribution is 5.10. The van der Waals surface area contributed by atoms with E-state index in [-0.39, 0.29) is 6.54 Å². The fourth-order valence-electron chi connectivity index (χ4n) is 0.849. The molecule has 1 aromatic heterocycles. The highest BCUT2D eigenvalue weighted by atomic mass is 16.5. The molecule has 0 fully saturated rings. The zero-order chi connectivity index (χ0) is 9.14. The van der Waals surface area contributed by atoms with Gasteiger partial charge in [0.25, 0.3) is 0 Å². The molecule has 1 unspecified atom stereocenters. The standard InChI is InChI=1S/C8H14N2O2/c1-5(2)6-3-8(12-10-6)7(11)4-9/h3,5,7,11H,4,9H2,1-2H3. The Morgan fingerprint density at radius 3 is 2.75 bits per heavy atom. The molecule has 3 N–H and O–H groups in total. The van der Waals surface area contributed by atoms with Crippen molar-refractivity contribution in [1.82, 2.24) is 5.16 Å². The van der Waals surface area contributed by atoms with Crippen molar-refractivity contribution in [2.45, 2.75) is 25.9 Å². The van der Waals surface area contributed by atoms with Crippen LogP contribution in [0.15, 0.2) is 10.6 Å². The molecule has 0 amide bonds. The highest BCUT2D eigenvalue weighted by Crippen LogP contribution is 2.18. The van der Waals surface area contributed by atoms with Gasteiger partial charge in [-0.3, -0.25) is 0 Å². The van der Waals surface area contributed by atoms with Crippen LogP contribution in [0.3, 0.4) is 0 Å². The minimum absolute atomic E-state index is 0.159. The van der Waals surface area contributed by atoms with Crippen LogP contribution in [0.4, 0.5) is 0 Å². The highest BCUT2D eigenvalue weighted by Gasteiger charge is 2.13. The van der Waals surface area contributed by atoms with E-state index in [4.69, 9.17) is 10.3 Å². The van der Waals surface area contributed by atoms with Crippen LogP contribution in [0.1, 0.15) is 37.3 Å². The summed E-state index contributed by atoms with van der Waals surface area (Å²) in [4.78, 5) is 0. The number of nitrogens with two attached hydrogens (primary N) is 1. The van der Waals surface area contributed by atoms with Crippen LogP contribution in [-0.2, 0) is 0 Å². The minimum atomic E-state index is -0.731. The molecule has 0 saturated heterocycles. The van der Waals surface area contributed by atoms with Gasteiger partial charge in [0.15, 0.2) is 5.76 Å². The first kappa shape index (κ1) is 9.22. The van der Waals surface area contributed by atoms with Crippen molar-refractivity contribution in [3.8, 4) is 0 Å². The largest absolute Gasteiger partial charge is 0.384 e. The van der Waals surface area contributed by atoms with Crippen molar-refractivity contribution >= 4 is 0 Å². The molecule has 0 saturated carbocycles. The number of rotatable bonds is 3. The van der Waals surface area contributed by atoms with Crippen molar-refractivity contribution in [3.63, 3.8) is 0 Å². The van der Waals surface area contributed by atoms with Crippen molar-refractivity contribution in [2.75, 3.05) is 6.54 Å². The van der Waals surface area contributed by atoms with Crippen LogP contribution in [0.25, 0.3) is 0 Å². The topological polar surface area (TPSA) is 72.3 Å². The number of aliphatic hydroxyl groups is 1. The van der Waals surface area contributed by atoms with Crippen LogP contribution in [0.5, 0.6) is 0 Å². The Hall–Kier alpha value is -0.870. The number of hydrogen-bond acceptors (Lipinski definition) is 4. The zero-order valence-electron chi connectivity index (χ0n) is 7.32. The van der Waals surface area contributed by atoms with Crippen molar-refractivity contribution in [3.05, 3.63) is 17.5 Å². The molecule has 68 valence electrons. The second kappa shape index (κ2) is 3.69. The SMILES string of the molecule is CC(C)c1cc(C(O)CN)on1. The van der Waals surface area contributed by atoms with E-state index >= 15 is 0 Å². The molecule has 0 spiro atoms. The normalized spacial score (nSPS) is 13.8. The van der Waals surface area contributed by atoms with Crippen LogP contribution in [0, 0.1) is 0 Å². The van der Waals surface area contributed by atoms with Gasteiger partial charge in [-0.2, -0.15) is 0 Å². The van der Waals surface area contributed by atoms with E-state index in [1.807, 2.05) is 13.8 Å². The summed E-state index contributed by atoms with van der Waals surface area (Å²) in [6, 6.07) is 1.74. The lowest BCUT2D eigenvalue weighted by Crippen LogP contribution is -2.10. The Morgan fingerprint density at radius 1 is 1.67 bits per heavy atom. The number of nitrogens with zero attached hydrogens (tertiary/aromatic N) is 1. The van der Waals surface area contributed by atoms with Crippen LogP contribution in [-0.4, -0.2) is 16.8 Å². The third-order valence-corrected chi connectivity index (χ3v) is 1.69. The second-order valence-electron chi connectivity index (χ2n) is 3.06. The molecule has 1 atom stereocenters. The molecule has 1 rings (SSSR count). The van der Waals surface area contributed by atoms with E-state index < -0.39 is 6.10 Å². The van der Waals surface area contributed by atoms with E-state index in [2.05, 4.69) is 5.16 Å². The molecule has 4 nitrogen and oxygen atoms in total. The average molecular weight is 170 g/mol. The molecular weight excluding hydrogens is 156 g/mol. The Labute approximate surface area is 71.4 Å². The van der Waals surface area contributed by atoms with Crippen LogP contribution in [0.2, 0.25) is 0 Å². The van der Waals surface area contributed by atoms with Gasteiger partial charge < -0.3 is 15.4 Å². The van der Waals surface area contributed by atoms with Crippen molar-refractivity contribution < 1.29 is 9.63 Å². The molecule has 0 radical (unpaired) electrons. The molecule has 12 heavy (non-hydrogen) atoms. The van der Waals surface area contributed by atoms with Crippen molar-refractivity contribution in [1.29, 1.82) is 0 Å². The molecule has 0 bridgehead atoms. The fourth-order valence-corrected chi connectivity index (χ4v) is 0.849. The second-order valence-corrected chi connectivity index (χ2v) is 3.06. The smallest absolute Gasteiger partial charge is 0.166 e. The first-order valence-electron chi connectivity index (χ1n) is 3.99. The van der Waals surface area contributed by atoms with Crippen molar-refractivity contribution in [2.24, 2.45) is 5.73 Å². The van der Waals surface area contributed by atoms with E-state index in [9.17, 15) is 5.11 Å². The molecular formula is C8H14N2O2. The van der Waals surface area contributed by atoms with Gasteiger partial charge in [0.1, 0.15) is 6.10 Å². The van der Waals surface area contributed by atoms with Gasteiger partial charge in [-0.05, 0) is 5.92 Å². The summed E-state index contributed by atoms with van der Waals surface area (Å²) in [7, 11) is 0. The minimum Gasteiger partial charge on any atom is -0.384 e. The van der Waals surface area contributed by atoms with E-state index in [0.717, 1.165) is 5.69 Å². The summed E-state index contributed by atoms with van der Waals surface area (Å²) in [5, 5.41) is 13.1. The van der Waals surface area contributed by atoms with Gasteiger partial charge in [-0.1, -0.05) is 19.0 Å². The maximum atomic E-state index is 9.27. The van der Waals surface area contributed by atoms with E-state index in [0.29, 0.717) is 11.7 Å². The summed E-state index contributed by atoms with van der Waals surface area (Å²) in [5.74, 6) is 0.758. The summed E-state index contributed by atoms with van der Waals surface area (Å²) in [6.45, 7) is 4.18. The summed E-state index contributed by atoms with van der Waals surface area (Å²) >= 11 is 0. The maximum Gasteiger partial charge on any atom is 0.166 e. The van der Waals surface area contributed by atoms with E-state index in [1.165, 1.54) is 0 Å². The van der Waals surface area contributed by atoms with Gasteiger partial charge in [-0.15, -0.1) is 0 Å². The molecule has 4 heteroatoms. The van der Waals surface area contributed by atoms with Gasteiger partial charge in [0.2, 0.25) is 0 Å². The van der Waals surface area contributed by atoms with Gasteiger partial charge in [-0.25, -0.2) is 0 Å². The molecule has 1 heterocycles. The Bertz CT molecular complexity index is 245.